The van der Waals surface area contributed by atoms with Gasteiger partial charge < -0.3 is 15.2 Å². The van der Waals surface area contributed by atoms with E-state index in [4.69, 9.17) is 21.4 Å². The fourth-order valence-corrected chi connectivity index (χ4v) is 1.95. The Hall–Kier alpha value is -1.02. The van der Waals surface area contributed by atoms with E-state index in [0.717, 1.165) is 3.57 Å². The summed E-state index contributed by atoms with van der Waals surface area (Å²) in [5.74, 6) is -1.01. The Kier molecular flexibility index (Phi) is 5.64. The zero-order valence-electron chi connectivity index (χ0n) is 11.3. The molecule has 0 aliphatic carbocycles. The Morgan fingerprint density at radius 3 is 2.55 bits per heavy atom. The SMILES string of the molecule is COc1cc(I)c(Cl)cc1C(=O)NCC(C)(C)C(=O)O. The number of rotatable bonds is 5. The number of carbonyl (C=O) groups excluding carboxylic acids is 1. The average Bonchev–Trinajstić information content (AvgIpc) is 2.38. The molecule has 5 nitrogen and oxygen atoms in total. The van der Waals surface area contributed by atoms with Crippen molar-refractivity contribution in [3.8, 4) is 5.75 Å². The van der Waals surface area contributed by atoms with Gasteiger partial charge in [0.25, 0.3) is 5.91 Å². The molecule has 0 spiro atoms. The summed E-state index contributed by atoms with van der Waals surface area (Å²) in [6.45, 7) is 3.08. The first-order chi connectivity index (χ1) is 9.19. The van der Waals surface area contributed by atoms with Gasteiger partial charge in [-0.25, -0.2) is 0 Å². The van der Waals surface area contributed by atoms with Crippen molar-refractivity contribution in [2.24, 2.45) is 5.41 Å². The number of carboxylic acid groups (broad SMARTS) is 1. The number of methoxy groups -OCH3 is 1. The molecule has 2 N–H and O–H groups in total. The lowest BCUT2D eigenvalue weighted by atomic mass is 9.94. The Bertz CT molecular complexity index is 545. The first kappa shape index (κ1) is 17.0. The van der Waals surface area contributed by atoms with Crippen LogP contribution in [0, 0.1) is 8.99 Å². The number of carboxylic acids is 1. The number of ether oxygens (including phenoxy) is 1. The van der Waals surface area contributed by atoms with Gasteiger partial charge in [-0.2, -0.15) is 0 Å². The van der Waals surface area contributed by atoms with Crippen molar-refractivity contribution in [3.63, 3.8) is 0 Å². The summed E-state index contributed by atoms with van der Waals surface area (Å²) < 4.78 is 5.91. The van der Waals surface area contributed by atoms with Gasteiger partial charge in [0, 0.05) is 10.1 Å². The minimum atomic E-state index is -1.05. The van der Waals surface area contributed by atoms with Gasteiger partial charge in [-0.3, -0.25) is 9.59 Å². The van der Waals surface area contributed by atoms with E-state index < -0.39 is 17.3 Å². The third kappa shape index (κ3) is 3.99. The van der Waals surface area contributed by atoms with Crippen molar-refractivity contribution >= 4 is 46.1 Å². The first-order valence-electron chi connectivity index (χ1n) is 5.73. The second-order valence-electron chi connectivity index (χ2n) is 4.84. The number of hydrogen-bond acceptors (Lipinski definition) is 3. The molecule has 0 saturated carbocycles. The van der Waals surface area contributed by atoms with E-state index in [-0.39, 0.29) is 12.1 Å². The zero-order chi connectivity index (χ0) is 15.5. The van der Waals surface area contributed by atoms with Gasteiger partial charge in [0.15, 0.2) is 0 Å². The predicted molar refractivity (Wildman–Crippen MR) is 84.5 cm³/mol. The second-order valence-corrected chi connectivity index (χ2v) is 6.41. The highest BCUT2D eigenvalue weighted by Crippen LogP contribution is 2.28. The highest BCUT2D eigenvalue weighted by atomic mass is 127. The van der Waals surface area contributed by atoms with Crippen molar-refractivity contribution in [1.82, 2.24) is 5.32 Å². The molecule has 0 heterocycles. The Morgan fingerprint density at radius 1 is 1.45 bits per heavy atom. The van der Waals surface area contributed by atoms with E-state index in [2.05, 4.69) is 5.32 Å². The molecule has 1 aromatic carbocycles. The van der Waals surface area contributed by atoms with Crippen molar-refractivity contribution in [3.05, 3.63) is 26.3 Å². The van der Waals surface area contributed by atoms with E-state index in [1.165, 1.54) is 27.0 Å². The number of hydrogen-bond donors (Lipinski definition) is 2. The van der Waals surface area contributed by atoms with Crippen molar-refractivity contribution < 1.29 is 19.4 Å². The maximum Gasteiger partial charge on any atom is 0.310 e. The molecule has 0 atom stereocenters. The van der Waals surface area contributed by atoms with Crippen molar-refractivity contribution in [2.45, 2.75) is 13.8 Å². The normalized spacial score (nSPS) is 11.1. The number of halogens is 2. The molecule has 0 aromatic heterocycles. The lowest BCUT2D eigenvalue weighted by Gasteiger charge is -2.20. The molecule has 0 aliphatic rings. The van der Waals surface area contributed by atoms with E-state index in [1.807, 2.05) is 22.6 Å². The second kappa shape index (κ2) is 6.62. The van der Waals surface area contributed by atoms with Crippen LogP contribution < -0.4 is 10.1 Å². The van der Waals surface area contributed by atoms with Crippen LogP contribution in [0.4, 0.5) is 0 Å². The van der Waals surface area contributed by atoms with Crippen molar-refractivity contribution in [1.29, 1.82) is 0 Å². The summed E-state index contributed by atoms with van der Waals surface area (Å²) in [5, 5.41) is 12.0. The Labute approximate surface area is 135 Å². The van der Waals surface area contributed by atoms with Gasteiger partial charge in [0.1, 0.15) is 5.75 Å². The molecule has 0 aliphatic heterocycles. The third-order valence-electron chi connectivity index (χ3n) is 2.76. The number of benzene rings is 1. The van der Waals surface area contributed by atoms with E-state index in [9.17, 15) is 9.59 Å². The number of carbonyl (C=O) groups is 2. The van der Waals surface area contributed by atoms with E-state index >= 15 is 0 Å². The number of amides is 1. The van der Waals surface area contributed by atoms with Crippen LogP contribution in [0.2, 0.25) is 5.02 Å². The minimum absolute atomic E-state index is 0.00786. The standard InChI is InChI=1S/C13H15ClINO4/c1-13(2,12(18)19)6-16-11(17)7-4-8(14)9(15)5-10(7)20-3/h4-5H,6H2,1-3H3,(H,16,17)(H,18,19). The van der Waals surface area contributed by atoms with Crippen LogP contribution in [0.15, 0.2) is 12.1 Å². The quantitative estimate of drug-likeness (QED) is 0.731. The zero-order valence-corrected chi connectivity index (χ0v) is 14.2. The summed E-state index contributed by atoms with van der Waals surface area (Å²) in [7, 11) is 1.46. The molecule has 1 amide bonds. The maximum absolute atomic E-state index is 12.1. The number of nitrogens with one attached hydrogen (secondary N) is 1. The van der Waals surface area contributed by atoms with E-state index in [0.29, 0.717) is 10.8 Å². The lowest BCUT2D eigenvalue weighted by Crippen LogP contribution is -2.39. The van der Waals surface area contributed by atoms with Gasteiger partial charge in [-0.15, -0.1) is 0 Å². The molecule has 1 rings (SSSR count). The highest BCUT2D eigenvalue weighted by Gasteiger charge is 2.28. The van der Waals surface area contributed by atoms with Crippen LogP contribution in [0.5, 0.6) is 5.75 Å². The van der Waals surface area contributed by atoms with Crippen LogP contribution >= 0.6 is 34.2 Å². The molecule has 110 valence electrons. The fourth-order valence-electron chi connectivity index (χ4n) is 1.35. The summed E-state index contributed by atoms with van der Waals surface area (Å²) in [6.07, 6.45) is 0. The Balaban J connectivity index is 2.93. The van der Waals surface area contributed by atoms with Crippen LogP contribution in [-0.2, 0) is 4.79 Å². The van der Waals surface area contributed by atoms with E-state index in [1.54, 1.807) is 6.07 Å². The van der Waals surface area contributed by atoms with Gasteiger partial charge in [0.05, 0.1) is 23.1 Å². The van der Waals surface area contributed by atoms with Crippen molar-refractivity contribution in [2.75, 3.05) is 13.7 Å². The van der Waals surface area contributed by atoms with Gasteiger partial charge >= 0.3 is 5.97 Å². The summed E-state index contributed by atoms with van der Waals surface area (Å²) in [5.41, 5.74) is -0.769. The molecule has 0 bridgehead atoms. The molecule has 0 saturated heterocycles. The van der Waals surface area contributed by atoms with Gasteiger partial charge in [-0.05, 0) is 48.6 Å². The fraction of sp³-hybridized carbons (Fsp3) is 0.385. The smallest absolute Gasteiger partial charge is 0.310 e. The molecule has 20 heavy (non-hydrogen) atoms. The monoisotopic (exact) mass is 411 g/mol. The highest BCUT2D eigenvalue weighted by molar-refractivity contribution is 14.1. The maximum atomic E-state index is 12.1. The largest absolute Gasteiger partial charge is 0.496 e. The average molecular weight is 412 g/mol. The van der Waals surface area contributed by atoms with Crippen LogP contribution in [-0.4, -0.2) is 30.6 Å². The molecular formula is C13H15ClINO4. The molecular weight excluding hydrogens is 397 g/mol. The molecule has 0 unspecified atom stereocenters. The Morgan fingerprint density at radius 2 is 2.05 bits per heavy atom. The first-order valence-corrected chi connectivity index (χ1v) is 7.19. The van der Waals surface area contributed by atoms with Gasteiger partial charge in [-0.1, -0.05) is 11.6 Å². The molecule has 1 aromatic rings. The molecule has 0 radical (unpaired) electrons. The van der Waals surface area contributed by atoms with Crippen LogP contribution in [0.1, 0.15) is 24.2 Å². The summed E-state index contributed by atoms with van der Waals surface area (Å²) >= 11 is 8.03. The van der Waals surface area contributed by atoms with Gasteiger partial charge in [0.2, 0.25) is 0 Å². The third-order valence-corrected chi connectivity index (χ3v) is 4.28. The molecule has 7 heteroatoms. The van der Waals surface area contributed by atoms with Crippen LogP contribution in [0.25, 0.3) is 0 Å². The minimum Gasteiger partial charge on any atom is -0.496 e. The number of aliphatic carboxylic acids is 1. The summed E-state index contributed by atoms with van der Waals surface area (Å²) in [6, 6.07) is 3.16. The predicted octanol–water partition coefficient (Wildman–Crippen LogP) is 2.79. The lowest BCUT2D eigenvalue weighted by molar-refractivity contribution is -0.146. The summed E-state index contributed by atoms with van der Waals surface area (Å²) in [4.78, 5) is 23.1. The topological polar surface area (TPSA) is 75.6 Å². The van der Waals surface area contributed by atoms with Crippen LogP contribution in [0.3, 0.4) is 0 Å². The molecule has 0 fully saturated rings.